The molecule has 1 aliphatic rings. The number of carbonyl (C=O) groups is 1. The molecule has 0 fully saturated rings. The molecule has 0 spiro atoms. The number of amides is 1. The van der Waals surface area contributed by atoms with E-state index in [2.05, 4.69) is 9.97 Å². The van der Waals surface area contributed by atoms with Crippen LogP contribution in [-0.2, 0) is 6.42 Å². The van der Waals surface area contributed by atoms with Crippen LogP contribution in [0, 0.1) is 0 Å². The second kappa shape index (κ2) is 5.95. The molecule has 0 radical (unpaired) electrons. The van der Waals surface area contributed by atoms with Crippen molar-refractivity contribution in [3.05, 3.63) is 35.9 Å². The Balaban J connectivity index is 1.89. The molecule has 2 aromatic rings. The van der Waals surface area contributed by atoms with E-state index in [4.69, 9.17) is 9.15 Å². The van der Waals surface area contributed by atoms with Crippen molar-refractivity contribution in [3.8, 4) is 6.08 Å². The van der Waals surface area contributed by atoms with Crippen molar-refractivity contribution in [2.45, 2.75) is 26.2 Å². The summed E-state index contributed by atoms with van der Waals surface area (Å²) in [6, 6.07) is 3.92. The average Bonchev–Trinajstić information content (AvgIpc) is 2.86. The highest BCUT2D eigenvalue weighted by molar-refractivity contribution is 6.04. The maximum Gasteiger partial charge on any atom is 0.394 e. The Morgan fingerprint density at radius 3 is 3.24 bits per heavy atom. The summed E-state index contributed by atoms with van der Waals surface area (Å²) in [4.78, 5) is 22.8. The molecule has 0 saturated carbocycles. The first-order valence-electron chi connectivity index (χ1n) is 7.13. The number of pyridine rings is 1. The number of aryl methyl sites for hydroxylation is 1. The van der Waals surface area contributed by atoms with E-state index in [1.54, 1.807) is 11.1 Å². The van der Waals surface area contributed by atoms with Crippen LogP contribution in [0.2, 0.25) is 0 Å². The lowest BCUT2D eigenvalue weighted by molar-refractivity contribution is 0.0981. The smallest absolute Gasteiger partial charge is 0.394 e. The number of oxazole rings is 1. The van der Waals surface area contributed by atoms with E-state index in [-0.39, 0.29) is 17.7 Å². The number of carbonyl (C=O) groups excluding carboxylic acids is 1. The average molecular weight is 287 g/mol. The summed E-state index contributed by atoms with van der Waals surface area (Å²) in [6.45, 7) is 2.92. The molecule has 1 aliphatic heterocycles. The van der Waals surface area contributed by atoms with Gasteiger partial charge >= 0.3 is 6.08 Å². The number of anilines is 1. The molecule has 110 valence electrons. The SMILES string of the molecule is CCOc1nc(C(=O)N2CCCCc3cccnc32)co1. The molecular weight excluding hydrogens is 270 g/mol. The van der Waals surface area contributed by atoms with Crippen LogP contribution < -0.4 is 9.64 Å². The summed E-state index contributed by atoms with van der Waals surface area (Å²) in [5.74, 6) is 0.521. The quantitative estimate of drug-likeness (QED) is 0.867. The number of hydrogen-bond donors (Lipinski definition) is 0. The number of fused-ring (bicyclic) bond motifs is 1. The molecule has 1 amide bonds. The molecule has 6 nitrogen and oxygen atoms in total. The maximum atomic E-state index is 12.6. The fourth-order valence-electron chi connectivity index (χ4n) is 2.44. The highest BCUT2D eigenvalue weighted by Crippen LogP contribution is 2.25. The number of rotatable bonds is 3. The van der Waals surface area contributed by atoms with Crippen LogP contribution >= 0.6 is 0 Å². The highest BCUT2D eigenvalue weighted by atomic mass is 16.6. The number of aromatic nitrogens is 2. The third kappa shape index (κ3) is 2.74. The summed E-state index contributed by atoms with van der Waals surface area (Å²) in [5.41, 5.74) is 1.34. The van der Waals surface area contributed by atoms with E-state index in [1.807, 2.05) is 19.1 Å². The predicted octanol–water partition coefficient (Wildman–Crippen LogP) is 2.45. The van der Waals surface area contributed by atoms with Gasteiger partial charge in [-0.25, -0.2) is 4.98 Å². The van der Waals surface area contributed by atoms with Crippen LogP contribution in [0.15, 0.2) is 29.0 Å². The molecule has 0 unspecified atom stereocenters. The van der Waals surface area contributed by atoms with Gasteiger partial charge in [0.05, 0.1) is 6.61 Å². The number of nitrogens with zero attached hydrogens (tertiary/aromatic N) is 3. The Hall–Kier alpha value is -2.37. The first-order valence-corrected chi connectivity index (χ1v) is 7.13. The van der Waals surface area contributed by atoms with E-state index >= 15 is 0 Å². The topological polar surface area (TPSA) is 68.5 Å². The lowest BCUT2D eigenvalue weighted by Gasteiger charge is -2.20. The summed E-state index contributed by atoms with van der Waals surface area (Å²) in [7, 11) is 0. The largest absolute Gasteiger partial charge is 0.450 e. The minimum absolute atomic E-state index is 0.122. The zero-order valence-electron chi connectivity index (χ0n) is 11.9. The van der Waals surface area contributed by atoms with Crippen LogP contribution in [0.4, 0.5) is 5.82 Å². The number of hydrogen-bond acceptors (Lipinski definition) is 5. The Morgan fingerprint density at radius 1 is 1.48 bits per heavy atom. The molecule has 3 heterocycles. The van der Waals surface area contributed by atoms with Crippen LogP contribution in [0.3, 0.4) is 0 Å². The van der Waals surface area contributed by atoms with Crippen LogP contribution in [0.1, 0.15) is 35.8 Å². The van der Waals surface area contributed by atoms with Gasteiger partial charge in [0, 0.05) is 12.7 Å². The number of ether oxygens (including phenoxy) is 1. The summed E-state index contributed by atoms with van der Waals surface area (Å²) < 4.78 is 10.3. The van der Waals surface area contributed by atoms with E-state index in [0.717, 1.165) is 30.6 Å². The molecule has 0 atom stereocenters. The van der Waals surface area contributed by atoms with Crippen molar-refractivity contribution < 1.29 is 13.9 Å². The molecule has 0 aliphatic carbocycles. The van der Waals surface area contributed by atoms with Crippen molar-refractivity contribution in [2.24, 2.45) is 0 Å². The first-order chi connectivity index (χ1) is 10.3. The van der Waals surface area contributed by atoms with E-state index < -0.39 is 0 Å². The third-order valence-corrected chi connectivity index (χ3v) is 3.42. The van der Waals surface area contributed by atoms with Crippen LogP contribution in [-0.4, -0.2) is 29.0 Å². The Kier molecular flexibility index (Phi) is 3.85. The first kappa shape index (κ1) is 13.6. The van der Waals surface area contributed by atoms with Crippen molar-refractivity contribution in [1.82, 2.24) is 9.97 Å². The molecule has 3 rings (SSSR count). The minimum atomic E-state index is -0.202. The van der Waals surface area contributed by atoms with Crippen LogP contribution in [0.5, 0.6) is 6.08 Å². The second-order valence-corrected chi connectivity index (χ2v) is 4.83. The molecule has 21 heavy (non-hydrogen) atoms. The molecule has 0 N–H and O–H groups in total. The Bertz CT molecular complexity index is 639. The second-order valence-electron chi connectivity index (χ2n) is 4.83. The van der Waals surface area contributed by atoms with Gasteiger partial charge in [-0.15, -0.1) is 0 Å². The molecule has 6 heteroatoms. The van der Waals surface area contributed by atoms with Crippen molar-refractivity contribution in [2.75, 3.05) is 18.1 Å². The molecule has 0 bridgehead atoms. The fraction of sp³-hybridized carbons (Fsp3) is 0.400. The van der Waals surface area contributed by atoms with Gasteiger partial charge in [-0.2, -0.15) is 4.98 Å². The third-order valence-electron chi connectivity index (χ3n) is 3.42. The van der Waals surface area contributed by atoms with E-state index in [9.17, 15) is 4.79 Å². The van der Waals surface area contributed by atoms with Crippen molar-refractivity contribution in [1.29, 1.82) is 0 Å². The zero-order chi connectivity index (χ0) is 14.7. The maximum absolute atomic E-state index is 12.6. The predicted molar refractivity (Wildman–Crippen MR) is 76.5 cm³/mol. The van der Waals surface area contributed by atoms with Crippen molar-refractivity contribution in [3.63, 3.8) is 0 Å². The Labute approximate surface area is 122 Å². The van der Waals surface area contributed by atoms with Gasteiger partial charge < -0.3 is 9.15 Å². The monoisotopic (exact) mass is 287 g/mol. The summed E-state index contributed by atoms with van der Waals surface area (Å²) >= 11 is 0. The molecule has 0 saturated heterocycles. The normalized spacial score (nSPS) is 14.4. The standard InChI is InChI=1S/C15H17N3O3/c1-2-20-15-17-12(10-21-15)14(19)18-9-4-3-6-11-7-5-8-16-13(11)18/h5,7-8,10H,2-4,6,9H2,1H3. The Morgan fingerprint density at radius 2 is 2.38 bits per heavy atom. The van der Waals surface area contributed by atoms with Gasteiger partial charge in [0.2, 0.25) is 0 Å². The fourth-order valence-corrected chi connectivity index (χ4v) is 2.44. The van der Waals surface area contributed by atoms with Crippen molar-refractivity contribution >= 4 is 11.7 Å². The van der Waals surface area contributed by atoms with Gasteiger partial charge in [-0.3, -0.25) is 9.69 Å². The lowest BCUT2D eigenvalue weighted by Crippen LogP contribution is -2.32. The lowest BCUT2D eigenvalue weighted by atomic mass is 10.1. The van der Waals surface area contributed by atoms with Gasteiger partial charge in [0.15, 0.2) is 5.69 Å². The van der Waals surface area contributed by atoms with E-state index in [1.165, 1.54) is 6.26 Å². The highest BCUT2D eigenvalue weighted by Gasteiger charge is 2.25. The molecular formula is C15H17N3O3. The molecule has 0 aromatic carbocycles. The minimum Gasteiger partial charge on any atom is -0.450 e. The van der Waals surface area contributed by atoms with E-state index in [0.29, 0.717) is 13.2 Å². The van der Waals surface area contributed by atoms with Gasteiger partial charge in [0.1, 0.15) is 12.1 Å². The van der Waals surface area contributed by atoms with Gasteiger partial charge in [0.25, 0.3) is 5.91 Å². The summed E-state index contributed by atoms with van der Waals surface area (Å²) in [6.07, 6.45) is 6.09. The van der Waals surface area contributed by atoms with Crippen LogP contribution in [0.25, 0.3) is 0 Å². The molecule has 2 aromatic heterocycles. The zero-order valence-corrected chi connectivity index (χ0v) is 11.9. The van der Waals surface area contributed by atoms with Gasteiger partial charge in [-0.05, 0) is 37.8 Å². The van der Waals surface area contributed by atoms with Gasteiger partial charge in [-0.1, -0.05) is 6.07 Å². The summed E-state index contributed by atoms with van der Waals surface area (Å²) in [5, 5.41) is 0.